The number of benzene rings is 2. The highest BCUT2D eigenvalue weighted by Crippen LogP contribution is 2.25. The predicted octanol–water partition coefficient (Wildman–Crippen LogP) is 3.94. The van der Waals surface area contributed by atoms with Crippen molar-refractivity contribution in [2.75, 3.05) is 33.3 Å². The number of ketones is 1. The van der Waals surface area contributed by atoms with E-state index in [0.717, 1.165) is 23.1 Å². The maximum absolute atomic E-state index is 14.6. The summed E-state index contributed by atoms with van der Waals surface area (Å²) in [5.74, 6) is -0.548. The summed E-state index contributed by atoms with van der Waals surface area (Å²) in [6.45, 7) is 6.19. The number of nitrogens with one attached hydrogen (secondary N) is 3. The van der Waals surface area contributed by atoms with Crippen LogP contribution in [-0.2, 0) is 17.6 Å². The van der Waals surface area contributed by atoms with Crippen molar-refractivity contribution in [1.82, 2.24) is 15.5 Å². The van der Waals surface area contributed by atoms with E-state index >= 15 is 0 Å². The molecular weight excluding hydrogens is 503 g/mol. The maximum Gasteiger partial charge on any atom is 0.258 e. The average Bonchev–Trinajstić information content (AvgIpc) is 2.81. The second-order valence-electron chi connectivity index (χ2n) is 7.73. The molecule has 3 N–H and O–H groups in total. The zero-order valence-electron chi connectivity index (χ0n) is 19.8. The first-order chi connectivity index (χ1) is 16.3. The average molecular weight is 535 g/mol. The Morgan fingerprint density at radius 1 is 1.15 bits per heavy atom. The summed E-state index contributed by atoms with van der Waals surface area (Å²) in [6.07, 6.45) is 0.992. The van der Waals surface area contributed by atoms with Gasteiger partial charge in [0.2, 0.25) is 0 Å². The summed E-state index contributed by atoms with van der Waals surface area (Å²) in [4.78, 5) is 26.8. The molecule has 1 amide bonds. The molecule has 0 heterocycles. The number of aryl methyl sites for hydroxylation is 1. The zero-order chi connectivity index (χ0) is 25.1. The monoisotopic (exact) mass is 534 g/mol. The highest BCUT2D eigenvalue weighted by atomic mass is 79.9. The maximum atomic E-state index is 14.6. The molecule has 0 spiro atoms. The van der Waals surface area contributed by atoms with E-state index in [0.29, 0.717) is 18.7 Å². The second kappa shape index (κ2) is 13.8. The van der Waals surface area contributed by atoms with E-state index in [4.69, 9.17) is 10.1 Å². The molecule has 34 heavy (non-hydrogen) atoms. The van der Waals surface area contributed by atoms with Gasteiger partial charge >= 0.3 is 0 Å². The van der Waals surface area contributed by atoms with Crippen LogP contribution in [0.4, 0.5) is 4.39 Å². The van der Waals surface area contributed by atoms with Gasteiger partial charge in [-0.15, -0.1) is 0 Å². The Labute approximate surface area is 208 Å². The zero-order valence-corrected chi connectivity index (χ0v) is 21.4. The second-order valence-corrected chi connectivity index (χ2v) is 8.64. The molecule has 0 saturated heterocycles. The van der Waals surface area contributed by atoms with Crippen molar-refractivity contribution in [1.29, 1.82) is 5.41 Å². The summed E-state index contributed by atoms with van der Waals surface area (Å²) in [5.41, 5.74) is 1.32. The van der Waals surface area contributed by atoms with E-state index in [2.05, 4.69) is 26.6 Å². The van der Waals surface area contributed by atoms with Crippen molar-refractivity contribution < 1.29 is 18.7 Å². The summed E-state index contributed by atoms with van der Waals surface area (Å²) in [7, 11) is 1.57. The quantitative estimate of drug-likeness (QED) is 0.283. The van der Waals surface area contributed by atoms with Gasteiger partial charge in [0.1, 0.15) is 17.3 Å². The minimum atomic E-state index is -0.581. The van der Waals surface area contributed by atoms with E-state index in [1.807, 2.05) is 36.9 Å². The Morgan fingerprint density at radius 2 is 1.88 bits per heavy atom. The summed E-state index contributed by atoms with van der Waals surface area (Å²) in [6, 6.07) is 9.91. The molecule has 9 heteroatoms. The molecule has 184 valence electrons. The molecule has 0 radical (unpaired) electrons. The third kappa shape index (κ3) is 8.22. The lowest BCUT2D eigenvalue weighted by atomic mass is 9.98. The largest absolute Gasteiger partial charge is 0.496 e. The van der Waals surface area contributed by atoms with Crippen molar-refractivity contribution in [3.8, 4) is 5.75 Å². The number of hydrogen-bond donors (Lipinski definition) is 3. The van der Waals surface area contributed by atoms with E-state index in [1.165, 1.54) is 18.2 Å². The van der Waals surface area contributed by atoms with Crippen LogP contribution in [0.25, 0.3) is 0 Å². The highest BCUT2D eigenvalue weighted by molar-refractivity contribution is 9.10. The van der Waals surface area contributed by atoms with Gasteiger partial charge in [0, 0.05) is 28.6 Å². The molecule has 2 aromatic rings. The van der Waals surface area contributed by atoms with Crippen molar-refractivity contribution in [2.24, 2.45) is 0 Å². The Hall–Kier alpha value is -2.78. The number of likely N-dealkylation sites (N-methyl/N-ethyl adjacent to an activating group) is 1. The Kier molecular flexibility index (Phi) is 11.2. The summed E-state index contributed by atoms with van der Waals surface area (Å²) in [5, 5.41) is 13.2. The van der Waals surface area contributed by atoms with Gasteiger partial charge in [-0.05, 0) is 61.8 Å². The minimum absolute atomic E-state index is 0.0609. The topological polar surface area (TPSA) is 94.5 Å². The standard InChI is InChI=1S/C25H32BrFN4O3/c1-4-31(5-2)16-19(32)13-14-29-25(28)30-24(33)21-7-6-8-22(27)20(21)11-9-17-15-18(26)10-12-23(17)34-3/h6-8,10,12,15H,4-5,9,11,13-14,16H2,1-3H3,(H3,28,29,30,33). The lowest BCUT2D eigenvalue weighted by Crippen LogP contribution is -2.41. The van der Waals surface area contributed by atoms with Crippen LogP contribution >= 0.6 is 15.9 Å². The number of carbonyl (C=O) groups is 2. The van der Waals surface area contributed by atoms with Gasteiger partial charge in [-0.3, -0.25) is 25.2 Å². The number of hydrogen-bond acceptors (Lipinski definition) is 5. The molecule has 2 rings (SSSR count). The third-order valence-electron chi connectivity index (χ3n) is 5.49. The molecule has 0 aliphatic heterocycles. The predicted molar refractivity (Wildman–Crippen MR) is 135 cm³/mol. The number of Topliss-reactive ketones (excluding diaryl/α,β-unsaturated/α-hetero) is 1. The first kappa shape index (κ1) is 27.5. The molecule has 0 unspecified atom stereocenters. The molecule has 2 aromatic carbocycles. The Balaban J connectivity index is 1.97. The van der Waals surface area contributed by atoms with Crippen LogP contribution in [0.1, 0.15) is 41.8 Å². The normalized spacial score (nSPS) is 10.8. The van der Waals surface area contributed by atoms with Crippen LogP contribution in [0.15, 0.2) is 40.9 Å². The number of rotatable bonds is 12. The Bertz CT molecular complexity index is 1010. The molecule has 0 aromatic heterocycles. The highest BCUT2D eigenvalue weighted by Gasteiger charge is 2.17. The van der Waals surface area contributed by atoms with Gasteiger partial charge in [-0.25, -0.2) is 4.39 Å². The van der Waals surface area contributed by atoms with Crippen LogP contribution in [0.2, 0.25) is 0 Å². The number of ether oxygens (including phenoxy) is 1. The number of halogens is 2. The van der Waals surface area contributed by atoms with Gasteiger partial charge in [-0.2, -0.15) is 0 Å². The number of nitrogens with zero attached hydrogens (tertiary/aromatic N) is 1. The van der Waals surface area contributed by atoms with Gasteiger partial charge in [0.15, 0.2) is 5.96 Å². The number of guanidine groups is 1. The van der Waals surface area contributed by atoms with E-state index in [1.54, 1.807) is 7.11 Å². The van der Waals surface area contributed by atoms with Crippen LogP contribution in [0.5, 0.6) is 5.75 Å². The molecular formula is C25H32BrFN4O3. The van der Waals surface area contributed by atoms with Crippen LogP contribution < -0.4 is 15.4 Å². The van der Waals surface area contributed by atoms with E-state index in [9.17, 15) is 14.0 Å². The molecule has 0 atom stereocenters. The van der Waals surface area contributed by atoms with Crippen LogP contribution in [0, 0.1) is 11.2 Å². The van der Waals surface area contributed by atoms with Crippen molar-refractivity contribution >= 4 is 33.6 Å². The van der Waals surface area contributed by atoms with Gasteiger partial charge in [0.25, 0.3) is 5.91 Å². The fourth-order valence-electron chi connectivity index (χ4n) is 3.56. The lowest BCUT2D eigenvalue weighted by Gasteiger charge is -2.17. The number of methoxy groups -OCH3 is 1. The first-order valence-corrected chi connectivity index (χ1v) is 12.1. The van der Waals surface area contributed by atoms with Gasteiger partial charge in [0.05, 0.1) is 13.7 Å². The number of amides is 1. The van der Waals surface area contributed by atoms with Gasteiger partial charge < -0.3 is 10.1 Å². The summed E-state index contributed by atoms with van der Waals surface area (Å²) < 4.78 is 20.9. The van der Waals surface area contributed by atoms with Crippen molar-refractivity contribution in [3.05, 3.63) is 63.4 Å². The molecule has 7 nitrogen and oxygen atoms in total. The SMILES string of the molecule is CCN(CC)CC(=O)CCNC(=N)NC(=O)c1cccc(F)c1CCc1cc(Br)ccc1OC. The summed E-state index contributed by atoms with van der Waals surface area (Å²) >= 11 is 3.43. The van der Waals surface area contributed by atoms with Crippen molar-refractivity contribution in [3.63, 3.8) is 0 Å². The van der Waals surface area contributed by atoms with Crippen LogP contribution in [0.3, 0.4) is 0 Å². The molecule has 0 saturated carbocycles. The Morgan fingerprint density at radius 3 is 2.56 bits per heavy atom. The first-order valence-electron chi connectivity index (χ1n) is 11.3. The van der Waals surface area contributed by atoms with Crippen LogP contribution in [-0.4, -0.2) is 55.8 Å². The molecule has 0 fully saturated rings. The number of carbonyl (C=O) groups excluding carboxylic acids is 2. The smallest absolute Gasteiger partial charge is 0.258 e. The van der Waals surface area contributed by atoms with E-state index < -0.39 is 11.7 Å². The fourth-order valence-corrected chi connectivity index (χ4v) is 3.96. The lowest BCUT2D eigenvalue weighted by molar-refractivity contribution is -0.120. The molecule has 0 bridgehead atoms. The minimum Gasteiger partial charge on any atom is -0.496 e. The molecule has 0 aliphatic carbocycles. The van der Waals surface area contributed by atoms with Crippen molar-refractivity contribution in [2.45, 2.75) is 33.1 Å². The van der Waals surface area contributed by atoms with Gasteiger partial charge in [-0.1, -0.05) is 35.8 Å². The molecule has 0 aliphatic rings. The van der Waals surface area contributed by atoms with E-state index in [-0.39, 0.29) is 42.3 Å². The third-order valence-corrected chi connectivity index (χ3v) is 5.98. The fraction of sp³-hybridized carbons (Fsp3) is 0.400.